The normalized spacial score (nSPS) is 10.1. The highest BCUT2D eigenvalue weighted by molar-refractivity contribution is 5.37. The molecule has 0 aromatic heterocycles. The van der Waals surface area contributed by atoms with Gasteiger partial charge in [0.1, 0.15) is 6.54 Å². The summed E-state index contributed by atoms with van der Waals surface area (Å²) in [5.41, 5.74) is 4.46. The Balaban J connectivity index is 3.00. The van der Waals surface area contributed by atoms with E-state index in [9.17, 15) is 10.1 Å². The smallest absolute Gasteiger partial charge is 0.160 e. The number of hydrazine groups is 1. The summed E-state index contributed by atoms with van der Waals surface area (Å²) in [5.74, 6) is 0. The molecule has 82 valence electrons. The molecule has 0 amide bonds. The maximum Gasteiger partial charge on any atom is 0.160 e. The monoisotopic (exact) mass is 208 g/mol. The fourth-order valence-corrected chi connectivity index (χ4v) is 1.75. The molecule has 0 radical (unpaired) electrons. The molecule has 0 spiro atoms. The van der Waals surface area contributed by atoms with Gasteiger partial charge >= 0.3 is 0 Å². The Morgan fingerprint density at radius 3 is 2.13 bits per heavy atom. The van der Waals surface area contributed by atoms with Crippen molar-refractivity contribution in [3.63, 3.8) is 0 Å². The van der Waals surface area contributed by atoms with Crippen LogP contribution in [0.5, 0.6) is 0 Å². The van der Waals surface area contributed by atoms with E-state index in [0.29, 0.717) is 6.54 Å². The maximum atomic E-state index is 10.5. The Labute approximate surface area is 89.6 Å². The molecule has 0 aliphatic rings. The van der Waals surface area contributed by atoms with Gasteiger partial charge in [0.15, 0.2) is 5.03 Å². The first-order valence-electron chi connectivity index (χ1n) is 4.84. The lowest BCUT2D eigenvalue weighted by Crippen LogP contribution is -2.25. The van der Waals surface area contributed by atoms with Crippen LogP contribution in [-0.2, 0) is 6.54 Å². The van der Waals surface area contributed by atoms with Crippen molar-refractivity contribution in [1.82, 2.24) is 5.01 Å². The van der Waals surface area contributed by atoms with Crippen LogP contribution in [0.2, 0.25) is 0 Å². The first-order valence-corrected chi connectivity index (χ1v) is 4.84. The van der Waals surface area contributed by atoms with E-state index in [1.165, 1.54) is 12.6 Å². The average Bonchev–Trinajstić information content (AvgIpc) is 2.10. The van der Waals surface area contributed by atoms with E-state index in [4.69, 9.17) is 0 Å². The zero-order valence-electron chi connectivity index (χ0n) is 9.57. The minimum atomic E-state index is -0.390. The number of aryl methyl sites for hydroxylation is 3. The van der Waals surface area contributed by atoms with Gasteiger partial charge in [0.05, 0.1) is 7.05 Å². The predicted molar refractivity (Wildman–Crippen MR) is 59.1 cm³/mol. The quantitative estimate of drug-likeness (QED) is 0.565. The van der Waals surface area contributed by atoms with Crippen LogP contribution in [0.3, 0.4) is 0 Å². The Kier molecular flexibility index (Phi) is 3.29. The third-order valence-electron chi connectivity index (χ3n) is 2.51. The van der Waals surface area contributed by atoms with Gasteiger partial charge in [0.2, 0.25) is 0 Å². The number of benzene rings is 1. The summed E-state index contributed by atoms with van der Waals surface area (Å²) in [6.45, 7) is 6.36. The van der Waals surface area contributed by atoms with Crippen molar-refractivity contribution in [2.45, 2.75) is 27.3 Å². The second-order valence-corrected chi connectivity index (χ2v) is 3.93. The van der Waals surface area contributed by atoms with Gasteiger partial charge in [-0.15, -0.1) is 5.01 Å². The molecule has 0 aliphatic heterocycles. The lowest BCUT2D eigenvalue weighted by molar-refractivity contribution is -0.652. The summed E-state index contributed by atoms with van der Waals surface area (Å²) in [6.07, 6.45) is 0. The second kappa shape index (κ2) is 4.29. The van der Waals surface area contributed by atoms with Crippen molar-refractivity contribution in [2.75, 3.05) is 7.05 Å². The minimum absolute atomic E-state index is 0.352. The average molecular weight is 208 g/mol. The van der Waals surface area contributed by atoms with E-state index in [2.05, 4.69) is 12.1 Å². The summed E-state index contributed by atoms with van der Waals surface area (Å²) in [5, 5.41) is 11.2. The first-order chi connectivity index (χ1) is 6.91. The molecule has 4 heteroatoms. The molecule has 4 nitrogen and oxygen atoms in total. The molecule has 1 aromatic carbocycles. The molecular weight excluding hydrogens is 192 g/mol. The predicted octanol–water partition coefficient (Wildman–Crippen LogP) is 2.24. The van der Waals surface area contributed by atoms with Crippen molar-refractivity contribution in [3.8, 4) is 0 Å². The third-order valence-corrected chi connectivity index (χ3v) is 2.51. The summed E-state index contributed by atoms with van der Waals surface area (Å²) < 4.78 is 0. The van der Waals surface area contributed by atoms with E-state index in [-0.39, 0.29) is 0 Å². The Morgan fingerprint density at radius 2 is 1.73 bits per heavy atom. The molecule has 0 fully saturated rings. The highest BCUT2D eigenvalue weighted by Crippen LogP contribution is 2.17. The van der Waals surface area contributed by atoms with Gasteiger partial charge in [-0.25, -0.2) is 10.1 Å². The van der Waals surface area contributed by atoms with Crippen molar-refractivity contribution < 1.29 is 5.03 Å². The van der Waals surface area contributed by atoms with E-state index in [1.807, 2.05) is 20.8 Å². The molecule has 1 aromatic rings. The van der Waals surface area contributed by atoms with E-state index >= 15 is 0 Å². The largest absolute Gasteiger partial charge is 0.235 e. The molecule has 15 heavy (non-hydrogen) atoms. The summed E-state index contributed by atoms with van der Waals surface area (Å²) in [7, 11) is 1.48. The molecule has 0 atom stereocenters. The molecule has 0 unspecified atom stereocenters. The second-order valence-electron chi connectivity index (χ2n) is 3.93. The molecule has 1 rings (SSSR count). The maximum absolute atomic E-state index is 10.5. The molecular formula is C11H16N2O2. The zero-order valence-corrected chi connectivity index (χ0v) is 9.57. The fraction of sp³-hybridized carbons (Fsp3) is 0.455. The number of nitro groups is 1. The van der Waals surface area contributed by atoms with Gasteiger partial charge < -0.3 is 0 Å². The van der Waals surface area contributed by atoms with Crippen molar-refractivity contribution >= 4 is 0 Å². The highest BCUT2D eigenvalue weighted by Gasteiger charge is 2.12. The van der Waals surface area contributed by atoms with Crippen LogP contribution in [0.25, 0.3) is 0 Å². The topological polar surface area (TPSA) is 46.4 Å². The van der Waals surface area contributed by atoms with Crippen LogP contribution in [0.1, 0.15) is 22.3 Å². The fourth-order valence-electron chi connectivity index (χ4n) is 1.75. The van der Waals surface area contributed by atoms with Crippen molar-refractivity contribution in [1.29, 1.82) is 0 Å². The van der Waals surface area contributed by atoms with Crippen LogP contribution in [0.15, 0.2) is 12.1 Å². The number of rotatable bonds is 3. The molecule has 0 saturated carbocycles. The van der Waals surface area contributed by atoms with Gasteiger partial charge in [-0.1, -0.05) is 17.7 Å². The van der Waals surface area contributed by atoms with Gasteiger partial charge in [0, 0.05) is 0 Å². The Morgan fingerprint density at radius 1 is 1.27 bits per heavy atom. The number of hydrogen-bond acceptors (Lipinski definition) is 2. The first kappa shape index (κ1) is 11.5. The van der Waals surface area contributed by atoms with E-state index < -0.39 is 5.03 Å². The van der Waals surface area contributed by atoms with E-state index in [1.54, 1.807) is 0 Å². The van der Waals surface area contributed by atoms with Gasteiger partial charge in [0.25, 0.3) is 0 Å². The highest BCUT2D eigenvalue weighted by atomic mass is 16.7. The third kappa shape index (κ3) is 2.68. The summed E-state index contributed by atoms with van der Waals surface area (Å²) >= 11 is 0. The molecule has 0 heterocycles. The molecule has 0 N–H and O–H groups in total. The standard InChI is InChI=1S/C11H16N2O2/c1-8-5-9(2)11(10(3)6-8)7-12(4)13(14)15/h5-6H,7H2,1-4H3. The van der Waals surface area contributed by atoms with Crippen LogP contribution < -0.4 is 0 Å². The Bertz CT molecular complexity index is 365. The van der Waals surface area contributed by atoms with Crippen molar-refractivity contribution in [2.24, 2.45) is 0 Å². The lowest BCUT2D eigenvalue weighted by Gasteiger charge is -2.14. The van der Waals surface area contributed by atoms with Gasteiger partial charge in [-0.05, 0) is 37.5 Å². The SMILES string of the molecule is Cc1cc(C)c(CN(C)[N+](=O)[O-])c(C)c1. The van der Waals surface area contributed by atoms with Crippen LogP contribution >= 0.6 is 0 Å². The minimum Gasteiger partial charge on any atom is -0.235 e. The van der Waals surface area contributed by atoms with Crippen LogP contribution in [0, 0.1) is 30.9 Å². The van der Waals surface area contributed by atoms with Crippen LogP contribution in [-0.4, -0.2) is 17.1 Å². The number of nitrogens with zero attached hydrogens (tertiary/aromatic N) is 2. The lowest BCUT2D eigenvalue weighted by atomic mass is 10.00. The van der Waals surface area contributed by atoms with E-state index in [0.717, 1.165) is 21.7 Å². The summed E-state index contributed by atoms with van der Waals surface area (Å²) in [4.78, 5) is 10.5. The van der Waals surface area contributed by atoms with Crippen molar-refractivity contribution in [3.05, 3.63) is 44.5 Å². The van der Waals surface area contributed by atoms with Gasteiger partial charge in [-0.3, -0.25) is 0 Å². The Hall–Kier alpha value is -1.58. The van der Waals surface area contributed by atoms with Crippen LogP contribution in [0.4, 0.5) is 0 Å². The number of hydrogen-bond donors (Lipinski definition) is 0. The summed E-state index contributed by atoms with van der Waals surface area (Å²) in [6, 6.07) is 4.10. The molecule has 0 aliphatic carbocycles. The molecule has 0 saturated heterocycles. The van der Waals surface area contributed by atoms with Gasteiger partial charge in [-0.2, -0.15) is 0 Å². The molecule has 0 bridgehead atoms. The zero-order chi connectivity index (χ0) is 11.6.